The van der Waals surface area contributed by atoms with Crippen LogP contribution >= 0.6 is 0 Å². The molecule has 1 N–H and O–H groups in total. The Morgan fingerprint density at radius 3 is 2.53 bits per heavy atom. The molecule has 2 aromatic rings. The number of amides is 1. The van der Waals surface area contributed by atoms with Crippen molar-refractivity contribution in [3.05, 3.63) is 69.9 Å². The molecule has 0 aliphatic carbocycles. The minimum Gasteiger partial charge on any atom is -0.348 e. The van der Waals surface area contributed by atoms with Crippen molar-refractivity contribution in [2.75, 3.05) is 0 Å². The first-order chi connectivity index (χ1) is 9.06. The van der Waals surface area contributed by atoms with Gasteiger partial charge in [-0.05, 0) is 23.8 Å². The fraction of sp³-hybridized carbons (Fsp3) is 0.143. The molecule has 0 saturated carbocycles. The number of nitrogens with one attached hydrogen (secondary N) is 1. The summed E-state index contributed by atoms with van der Waals surface area (Å²) in [6.45, 7) is 0.307. The number of hydrogen-bond donors (Lipinski definition) is 1. The Kier molecular flexibility index (Phi) is 3.75. The first-order valence-corrected chi connectivity index (χ1v) is 5.75. The summed E-state index contributed by atoms with van der Waals surface area (Å²) < 4.78 is 14.1. The van der Waals surface area contributed by atoms with E-state index in [4.69, 9.17) is 0 Å². The van der Waals surface area contributed by atoms with Crippen molar-refractivity contribution >= 4 is 5.91 Å². The molecule has 4 nitrogen and oxygen atoms in total. The standard InChI is InChI=1S/C14H13FN2O2/c1-17-9-11(4-7-13(17)18)14(19)16-8-10-2-5-12(15)6-3-10/h2-7,9H,8H2,1H3,(H,16,19). The smallest absolute Gasteiger partial charge is 0.253 e. The number of carbonyl (C=O) groups excluding carboxylic acids is 1. The Labute approximate surface area is 109 Å². The second-order valence-electron chi connectivity index (χ2n) is 4.18. The zero-order valence-corrected chi connectivity index (χ0v) is 10.4. The van der Waals surface area contributed by atoms with Crippen LogP contribution in [0.3, 0.4) is 0 Å². The number of carbonyl (C=O) groups is 1. The van der Waals surface area contributed by atoms with Crippen LogP contribution in [0.15, 0.2) is 47.4 Å². The third-order valence-electron chi connectivity index (χ3n) is 2.71. The number of rotatable bonds is 3. The van der Waals surface area contributed by atoms with Crippen LogP contribution in [0.1, 0.15) is 15.9 Å². The number of aromatic nitrogens is 1. The van der Waals surface area contributed by atoms with Crippen LogP contribution in [0.5, 0.6) is 0 Å². The molecule has 1 amide bonds. The third-order valence-corrected chi connectivity index (χ3v) is 2.71. The average molecular weight is 260 g/mol. The van der Waals surface area contributed by atoms with E-state index in [0.29, 0.717) is 12.1 Å². The molecule has 0 fully saturated rings. The maximum Gasteiger partial charge on any atom is 0.253 e. The van der Waals surface area contributed by atoms with Gasteiger partial charge in [-0.15, -0.1) is 0 Å². The van der Waals surface area contributed by atoms with Crippen molar-refractivity contribution in [1.82, 2.24) is 9.88 Å². The first kappa shape index (κ1) is 13.0. The molecule has 0 bridgehead atoms. The summed E-state index contributed by atoms with van der Waals surface area (Å²) in [5, 5.41) is 2.70. The highest BCUT2D eigenvalue weighted by atomic mass is 19.1. The minimum atomic E-state index is -0.312. The zero-order chi connectivity index (χ0) is 13.8. The summed E-state index contributed by atoms with van der Waals surface area (Å²) in [7, 11) is 1.58. The van der Waals surface area contributed by atoms with Crippen LogP contribution in [0.2, 0.25) is 0 Å². The topological polar surface area (TPSA) is 51.1 Å². The minimum absolute atomic E-state index is 0.171. The van der Waals surface area contributed by atoms with Gasteiger partial charge in [-0.1, -0.05) is 12.1 Å². The van der Waals surface area contributed by atoms with Gasteiger partial charge in [-0.25, -0.2) is 4.39 Å². The number of halogens is 1. The summed E-state index contributed by atoms with van der Waals surface area (Å²) in [6.07, 6.45) is 1.47. The Morgan fingerprint density at radius 2 is 1.89 bits per heavy atom. The molecule has 0 spiro atoms. The van der Waals surface area contributed by atoms with Crippen molar-refractivity contribution in [1.29, 1.82) is 0 Å². The lowest BCUT2D eigenvalue weighted by Crippen LogP contribution is -2.25. The third kappa shape index (κ3) is 3.28. The monoisotopic (exact) mass is 260 g/mol. The maximum atomic E-state index is 12.7. The van der Waals surface area contributed by atoms with Crippen molar-refractivity contribution in [2.24, 2.45) is 7.05 Å². The normalized spacial score (nSPS) is 10.2. The average Bonchev–Trinajstić information content (AvgIpc) is 2.41. The summed E-state index contributed by atoms with van der Waals surface area (Å²) in [5.74, 6) is -0.590. The molecule has 0 atom stereocenters. The van der Waals surface area contributed by atoms with Gasteiger partial charge in [0.2, 0.25) is 5.56 Å². The van der Waals surface area contributed by atoms with E-state index in [1.165, 1.54) is 35.0 Å². The number of benzene rings is 1. The molecule has 0 aliphatic heterocycles. The van der Waals surface area contributed by atoms with E-state index in [9.17, 15) is 14.0 Å². The summed E-state index contributed by atoms with van der Waals surface area (Å²) in [5.41, 5.74) is 1.04. The predicted molar refractivity (Wildman–Crippen MR) is 69.3 cm³/mol. The Morgan fingerprint density at radius 1 is 1.21 bits per heavy atom. The maximum absolute atomic E-state index is 12.7. The lowest BCUT2D eigenvalue weighted by Gasteiger charge is -2.06. The van der Waals surface area contributed by atoms with Gasteiger partial charge in [0.1, 0.15) is 5.82 Å². The highest BCUT2D eigenvalue weighted by Gasteiger charge is 2.06. The molecule has 0 aliphatic rings. The van der Waals surface area contributed by atoms with E-state index in [-0.39, 0.29) is 17.3 Å². The van der Waals surface area contributed by atoms with Gasteiger partial charge in [-0.3, -0.25) is 9.59 Å². The molecule has 0 unspecified atom stereocenters. The molecule has 0 saturated heterocycles. The van der Waals surface area contributed by atoms with E-state index in [2.05, 4.69) is 5.32 Å². The van der Waals surface area contributed by atoms with E-state index >= 15 is 0 Å². The number of nitrogens with zero attached hydrogens (tertiary/aromatic N) is 1. The fourth-order valence-corrected chi connectivity index (χ4v) is 1.61. The van der Waals surface area contributed by atoms with Crippen LogP contribution in [-0.4, -0.2) is 10.5 Å². The predicted octanol–water partition coefficient (Wildman–Crippen LogP) is 1.45. The Hall–Kier alpha value is -2.43. The Bertz CT molecular complexity index is 647. The lowest BCUT2D eigenvalue weighted by atomic mass is 10.2. The van der Waals surface area contributed by atoms with Gasteiger partial charge in [-0.2, -0.15) is 0 Å². The zero-order valence-electron chi connectivity index (χ0n) is 10.4. The molecular formula is C14H13FN2O2. The van der Waals surface area contributed by atoms with Gasteiger partial charge in [0.25, 0.3) is 5.91 Å². The molecule has 98 valence electrons. The summed E-state index contributed by atoms with van der Waals surface area (Å²) in [4.78, 5) is 23.0. The van der Waals surface area contributed by atoms with E-state index < -0.39 is 0 Å². The van der Waals surface area contributed by atoms with E-state index in [1.807, 2.05) is 0 Å². The van der Waals surface area contributed by atoms with Crippen LogP contribution in [-0.2, 0) is 13.6 Å². The molecule has 1 aromatic carbocycles. The highest BCUT2D eigenvalue weighted by molar-refractivity contribution is 5.93. The van der Waals surface area contributed by atoms with E-state index in [1.54, 1.807) is 19.2 Å². The first-order valence-electron chi connectivity index (χ1n) is 5.75. The highest BCUT2D eigenvalue weighted by Crippen LogP contribution is 2.03. The van der Waals surface area contributed by atoms with Crippen LogP contribution in [0.4, 0.5) is 4.39 Å². The Balaban J connectivity index is 2.03. The number of pyridine rings is 1. The van der Waals surface area contributed by atoms with Crippen molar-refractivity contribution in [3.63, 3.8) is 0 Å². The molecule has 19 heavy (non-hydrogen) atoms. The second kappa shape index (κ2) is 5.48. The van der Waals surface area contributed by atoms with Gasteiger partial charge in [0, 0.05) is 25.9 Å². The summed E-state index contributed by atoms with van der Waals surface area (Å²) in [6, 6.07) is 8.71. The number of hydrogen-bond acceptors (Lipinski definition) is 2. The fourth-order valence-electron chi connectivity index (χ4n) is 1.61. The van der Waals surface area contributed by atoms with Crippen molar-refractivity contribution in [3.8, 4) is 0 Å². The van der Waals surface area contributed by atoms with Crippen LogP contribution in [0.25, 0.3) is 0 Å². The van der Waals surface area contributed by atoms with Crippen molar-refractivity contribution < 1.29 is 9.18 Å². The van der Waals surface area contributed by atoms with Crippen molar-refractivity contribution in [2.45, 2.75) is 6.54 Å². The van der Waals surface area contributed by atoms with Crippen LogP contribution < -0.4 is 10.9 Å². The molecule has 1 heterocycles. The molecule has 1 aromatic heterocycles. The van der Waals surface area contributed by atoms with Gasteiger partial charge in [0.15, 0.2) is 0 Å². The quantitative estimate of drug-likeness (QED) is 0.908. The van der Waals surface area contributed by atoms with Crippen LogP contribution in [0, 0.1) is 5.82 Å². The van der Waals surface area contributed by atoms with Gasteiger partial charge in [0.05, 0.1) is 5.56 Å². The van der Waals surface area contributed by atoms with Gasteiger partial charge < -0.3 is 9.88 Å². The van der Waals surface area contributed by atoms with Gasteiger partial charge >= 0.3 is 0 Å². The molecule has 5 heteroatoms. The lowest BCUT2D eigenvalue weighted by molar-refractivity contribution is 0.0950. The second-order valence-corrected chi connectivity index (χ2v) is 4.18. The largest absolute Gasteiger partial charge is 0.348 e. The molecule has 2 rings (SSSR count). The molecular weight excluding hydrogens is 247 g/mol. The number of aryl methyl sites for hydroxylation is 1. The van der Waals surface area contributed by atoms with E-state index in [0.717, 1.165) is 5.56 Å². The molecule has 0 radical (unpaired) electrons. The SMILES string of the molecule is Cn1cc(C(=O)NCc2ccc(F)cc2)ccc1=O. The summed E-state index contributed by atoms with van der Waals surface area (Å²) >= 11 is 0.